The minimum Gasteiger partial charge on any atom is -0.271 e. The molecule has 1 N–H and O–H groups in total. The molecule has 3 aromatic rings. The number of hydrogen-bond donors (Lipinski definition) is 1. The molecule has 0 saturated heterocycles. The molecule has 0 aromatic heterocycles. The number of nitro groups is 1. The molecule has 11 heteroatoms. The molecular formula is C22H19FN4O5S. The van der Waals surface area contributed by atoms with E-state index < -0.39 is 33.2 Å². The molecule has 0 atom stereocenters. The minimum absolute atomic E-state index is 0.0533. The first-order valence-electron chi connectivity index (χ1n) is 9.60. The number of benzene rings is 3. The summed E-state index contributed by atoms with van der Waals surface area (Å²) in [7, 11) is -4.23. The van der Waals surface area contributed by atoms with Crippen molar-refractivity contribution < 1.29 is 22.5 Å². The maximum atomic E-state index is 13.2. The summed E-state index contributed by atoms with van der Waals surface area (Å²) >= 11 is 0. The fourth-order valence-corrected chi connectivity index (χ4v) is 4.30. The van der Waals surface area contributed by atoms with Gasteiger partial charge < -0.3 is 0 Å². The van der Waals surface area contributed by atoms with E-state index in [-0.39, 0.29) is 16.3 Å². The summed E-state index contributed by atoms with van der Waals surface area (Å²) in [5.74, 6) is -1.20. The average Bonchev–Trinajstić information content (AvgIpc) is 2.82. The lowest BCUT2D eigenvalue weighted by atomic mass is 10.1. The molecule has 170 valence electrons. The van der Waals surface area contributed by atoms with Gasteiger partial charge in [-0.05, 0) is 42.8 Å². The Bertz CT molecular complexity index is 1300. The average molecular weight is 470 g/mol. The number of nitro benzene ring substituents is 1. The summed E-state index contributed by atoms with van der Waals surface area (Å²) in [4.78, 5) is 23.0. The van der Waals surface area contributed by atoms with Gasteiger partial charge in [-0.1, -0.05) is 36.4 Å². The summed E-state index contributed by atoms with van der Waals surface area (Å²) in [6, 6.07) is 17.8. The molecule has 3 rings (SSSR count). The highest BCUT2D eigenvalue weighted by Gasteiger charge is 2.28. The number of rotatable bonds is 8. The molecule has 0 fully saturated rings. The highest BCUT2D eigenvalue weighted by Crippen LogP contribution is 2.26. The van der Waals surface area contributed by atoms with Crippen LogP contribution in [0.25, 0.3) is 0 Å². The van der Waals surface area contributed by atoms with Crippen LogP contribution < -0.4 is 9.73 Å². The van der Waals surface area contributed by atoms with Crippen molar-refractivity contribution in [1.82, 2.24) is 5.43 Å². The van der Waals surface area contributed by atoms with Crippen molar-refractivity contribution in [3.63, 3.8) is 0 Å². The second kappa shape index (κ2) is 10.0. The molecule has 0 aliphatic carbocycles. The second-order valence-corrected chi connectivity index (χ2v) is 8.70. The zero-order chi connectivity index (χ0) is 24.0. The Kier molecular flexibility index (Phi) is 7.13. The summed E-state index contributed by atoms with van der Waals surface area (Å²) in [5, 5.41) is 15.1. The van der Waals surface area contributed by atoms with Gasteiger partial charge in [0.1, 0.15) is 12.4 Å². The fourth-order valence-electron chi connectivity index (χ4n) is 2.86. The SMILES string of the molecule is C/C(=N/NC(=O)CN(c1cccc([N+](=O)[O-])c1)S(=O)(=O)c1ccccc1)c1ccc(F)cc1. The number of nitrogens with one attached hydrogen (secondary N) is 1. The van der Waals surface area contributed by atoms with Gasteiger partial charge in [0.05, 0.1) is 21.2 Å². The third kappa shape index (κ3) is 5.77. The number of sulfonamides is 1. The van der Waals surface area contributed by atoms with Crippen LogP contribution in [-0.4, -0.2) is 31.5 Å². The second-order valence-electron chi connectivity index (χ2n) is 6.84. The Labute approximate surface area is 189 Å². The van der Waals surface area contributed by atoms with E-state index in [1.54, 1.807) is 13.0 Å². The first-order valence-corrected chi connectivity index (χ1v) is 11.0. The minimum atomic E-state index is -4.23. The predicted molar refractivity (Wildman–Crippen MR) is 121 cm³/mol. The van der Waals surface area contributed by atoms with Crippen molar-refractivity contribution in [1.29, 1.82) is 0 Å². The van der Waals surface area contributed by atoms with Crippen LogP contribution in [0.3, 0.4) is 0 Å². The maximum absolute atomic E-state index is 13.2. The summed E-state index contributed by atoms with van der Waals surface area (Å²) in [5.41, 5.74) is 2.82. The number of hydrogen-bond acceptors (Lipinski definition) is 6. The highest BCUT2D eigenvalue weighted by atomic mass is 32.2. The lowest BCUT2D eigenvalue weighted by molar-refractivity contribution is -0.384. The van der Waals surface area contributed by atoms with Crippen LogP contribution in [0.5, 0.6) is 0 Å². The van der Waals surface area contributed by atoms with Crippen LogP contribution in [0.4, 0.5) is 15.8 Å². The van der Waals surface area contributed by atoms with E-state index >= 15 is 0 Å². The first-order chi connectivity index (χ1) is 15.7. The number of halogens is 1. The Morgan fingerprint density at radius 2 is 1.73 bits per heavy atom. The van der Waals surface area contributed by atoms with Gasteiger partial charge in [-0.2, -0.15) is 5.10 Å². The van der Waals surface area contributed by atoms with Gasteiger partial charge >= 0.3 is 0 Å². The molecule has 1 amide bonds. The molecule has 0 aliphatic heterocycles. The van der Waals surface area contributed by atoms with Gasteiger partial charge in [0, 0.05) is 12.1 Å². The van der Waals surface area contributed by atoms with Crippen molar-refractivity contribution in [2.45, 2.75) is 11.8 Å². The van der Waals surface area contributed by atoms with Gasteiger partial charge in [-0.25, -0.2) is 18.2 Å². The first kappa shape index (κ1) is 23.5. The van der Waals surface area contributed by atoms with Crippen LogP contribution in [0.2, 0.25) is 0 Å². The zero-order valence-corrected chi connectivity index (χ0v) is 18.2. The lowest BCUT2D eigenvalue weighted by Crippen LogP contribution is -2.39. The van der Waals surface area contributed by atoms with Gasteiger partial charge in [0.2, 0.25) is 0 Å². The summed E-state index contributed by atoms with van der Waals surface area (Å²) < 4.78 is 40.3. The van der Waals surface area contributed by atoms with Gasteiger partial charge in [0.15, 0.2) is 0 Å². The molecule has 0 unspecified atom stereocenters. The Morgan fingerprint density at radius 3 is 2.36 bits per heavy atom. The Morgan fingerprint density at radius 1 is 1.06 bits per heavy atom. The Hall–Kier alpha value is -4.12. The summed E-state index contributed by atoms with van der Waals surface area (Å²) in [6.07, 6.45) is 0. The third-order valence-electron chi connectivity index (χ3n) is 4.56. The van der Waals surface area contributed by atoms with Gasteiger partial charge in [0.25, 0.3) is 21.6 Å². The molecule has 0 radical (unpaired) electrons. The molecule has 0 bridgehead atoms. The van der Waals surface area contributed by atoms with Crippen LogP contribution in [0.15, 0.2) is 88.9 Å². The van der Waals surface area contributed by atoms with Crippen LogP contribution in [0.1, 0.15) is 12.5 Å². The number of hydrazone groups is 1. The molecular weight excluding hydrogens is 451 g/mol. The summed E-state index contributed by atoms with van der Waals surface area (Å²) in [6.45, 7) is 0.908. The number of non-ortho nitro benzene ring substituents is 1. The van der Waals surface area contributed by atoms with Crippen molar-refractivity contribution >= 4 is 33.0 Å². The maximum Gasteiger partial charge on any atom is 0.271 e. The van der Waals surface area contributed by atoms with Crippen molar-refractivity contribution in [3.05, 3.63) is 100 Å². The lowest BCUT2D eigenvalue weighted by Gasteiger charge is -2.23. The van der Waals surface area contributed by atoms with Crippen LogP contribution >= 0.6 is 0 Å². The van der Waals surface area contributed by atoms with Crippen LogP contribution in [-0.2, 0) is 14.8 Å². The smallest absolute Gasteiger partial charge is 0.271 e. The monoisotopic (exact) mass is 470 g/mol. The van der Waals surface area contributed by atoms with Crippen molar-refractivity contribution in [2.75, 3.05) is 10.8 Å². The van der Waals surface area contributed by atoms with E-state index in [4.69, 9.17) is 0 Å². The zero-order valence-electron chi connectivity index (χ0n) is 17.4. The van der Waals surface area contributed by atoms with E-state index in [2.05, 4.69) is 10.5 Å². The van der Waals surface area contributed by atoms with E-state index in [1.807, 2.05) is 0 Å². The highest BCUT2D eigenvalue weighted by molar-refractivity contribution is 7.92. The number of anilines is 1. The van der Waals surface area contributed by atoms with E-state index in [1.165, 1.54) is 66.7 Å². The molecule has 0 heterocycles. The Balaban J connectivity index is 1.90. The quantitative estimate of drug-likeness (QED) is 0.307. The predicted octanol–water partition coefficient (Wildman–Crippen LogP) is 3.47. The molecule has 0 spiro atoms. The normalized spacial score (nSPS) is 11.6. The van der Waals surface area contributed by atoms with E-state index in [0.717, 1.165) is 10.4 Å². The topological polar surface area (TPSA) is 122 Å². The largest absolute Gasteiger partial charge is 0.271 e. The van der Waals surface area contributed by atoms with E-state index in [9.17, 15) is 27.7 Å². The van der Waals surface area contributed by atoms with Crippen molar-refractivity contribution in [2.24, 2.45) is 5.10 Å². The number of carbonyl (C=O) groups excluding carboxylic acids is 1. The standard InChI is InChI=1S/C22H19FN4O5S/c1-16(17-10-12-18(23)13-11-17)24-25-22(28)15-26(19-6-5-7-20(14-19)27(29)30)33(31,32)21-8-3-2-4-9-21/h2-14H,15H2,1H3,(H,25,28)/b24-16-. The number of carbonyl (C=O) groups is 1. The third-order valence-corrected chi connectivity index (χ3v) is 6.35. The molecule has 3 aromatic carbocycles. The molecule has 33 heavy (non-hydrogen) atoms. The number of nitrogens with zero attached hydrogens (tertiary/aromatic N) is 3. The number of amides is 1. The molecule has 9 nitrogen and oxygen atoms in total. The molecule has 0 aliphatic rings. The van der Waals surface area contributed by atoms with Gasteiger partial charge in [-0.15, -0.1) is 0 Å². The van der Waals surface area contributed by atoms with E-state index in [0.29, 0.717) is 11.3 Å². The van der Waals surface area contributed by atoms with Crippen LogP contribution in [0, 0.1) is 15.9 Å². The van der Waals surface area contributed by atoms with Gasteiger partial charge in [-0.3, -0.25) is 19.2 Å². The fraction of sp³-hybridized carbons (Fsp3) is 0.0909. The molecule has 0 saturated carbocycles. The van der Waals surface area contributed by atoms with Crippen molar-refractivity contribution in [3.8, 4) is 0 Å².